The molecular weight excluding hydrogens is 318 g/mol. The minimum absolute atomic E-state index is 0.139. The molecule has 0 spiro atoms. The molecule has 0 radical (unpaired) electrons. The molecule has 3 N–H and O–H groups in total. The number of carbonyl (C=O) groups is 1. The standard InChI is InChI=1S/C18H29N5O2/c1-20-18-14(3-2-6-21-18)11-22-7-8-23(13-15(12-22)17(19)24)16-4-9-25-10-5-16/h2-3,6,15-16H,4-5,7-13H2,1H3,(H2,19,24)(H,20,21)/t15-/m1/s1. The molecule has 0 aromatic carbocycles. The summed E-state index contributed by atoms with van der Waals surface area (Å²) in [7, 11) is 1.88. The lowest BCUT2D eigenvalue weighted by atomic mass is 10.0. The van der Waals surface area contributed by atoms with E-state index in [0.29, 0.717) is 12.6 Å². The molecule has 2 fully saturated rings. The number of nitrogens with one attached hydrogen (secondary N) is 1. The van der Waals surface area contributed by atoms with E-state index in [9.17, 15) is 4.79 Å². The van der Waals surface area contributed by atoms with Crippen molar-refractivity contribution in [3.63, 3.8) is 0 Å². The highest BCUT2D eigenvalue weighted by atomic mass is 16.5. The summed E-state index contributed by atoms with van der Waals surface area (Å²) in [6.45, 7) is 5.74. The molecule has 2 aliphatic rings. The molecule has 138 valence electrons. The van der Waals surface area contributed by atoms with Crippen LogP contribution in [0.5, 0.6) is 0 Å². The lowest BCUT2D eigenvalue weighted by Gasteiger charge is -2.34. The first kappa shape index (κ1) is 18.1. The van der Waals surface area contributed by atoms with Crippen LogP contribution in [0.15, 0.2) is 18.3 Å². The average molecular weight is 347 g/mol. The first-order valence-corrected chi connectivity index (χ1v) is 9.12. The molecule has 0 saturated carbocycles. The molecule has 25 heavy (non-hydrogen) atoms. The number of pyridine rings is 1. The molecule has 7 nitrogen and oxygen atoms in total. The van der Waals surface area contributed by atoms with Crippen LogP contribution in [0.4, 0.5) is 5.82 Å². The van der Waals surface area contributed by atoms with Crippen molar-refractivity contribution in [1.29, 1.82) is 0 Å². The second-order valence-electron chi connectivity index (χ2n) is 6.93. The van der Waals surface area contributed by atoms with Gasteiger partial charge in [-0.25, -0.2) is 4.98 Å². The van der Waals surface area contributed by atoms with E-state index in [2.05, 4.69) is 26.2 Å². The summed E-state index contributed by atoms with van der Waals surface area (Å²) in [5.74, 6) is 0.549. The van der Waals surface area contributed by atoms with Crippen LogP contribution in [0.25, 0.3) is 0 Å². The minimum atomic E-state index is -0.205. The molecule has 0 unspecified atom stereocenters. The third-order valence-corrected chi connectivity index (χ3v) is 5.27. The number of primary amides is 1. The number of amides is 1. The molecule has 1 aromatic rings. The number of hydrogen-bond acceptors (Lipinski definition) is 6. The van der Waals surface area contributed by atoms with Crippen molar-refractivity contribution < 1.29 is 9.53 Å². The van der Waals surface area contributed by atoms with Gasteiger partial charge in [0.1, 0.15) is 5.82 Å². The lowest BCUT2D eigenvalue weighted by molar-refractivity contribution is -0.122. The van der Waals surface area contributed by atoms with Gasteiger partial charge in [0.15, 0.2) is 0 Å². The first-order chi connectivity index (χ1) is 12.2. The van der Waals surface area contributed by atoms with Crippen molar-refractivity contribution in [1.82, 2.24) is 14.8 Å². The normalized spacial score (nSPS) is 24.0. The second-order valence-corrected chi connectivity index (χ2v) is 6.93. The summed E-state index contributed by atoms with van der Waals surface area (Å²) in [5, 5.41) is 3.14. The first-order valence-electron chi connectivity index (χ1n) is 9.12. The number of ether oxygens (including phenoxy) is 1. The van der Waals surface area contributed by atoms with E-state index in [-0.39, 0.29) is 11.8 Å². The third-order valence-electron chi connectivity index (χ3n) is 5.27. The van der Waals surface area contributed by atoms with E-state index in [0.717, 1.165) is 63.6 Å². The van der Waals surface area contributed by atoms with Crippen LogP contribution >= 0.6 is 0 Å². The van der Waals surface area contributed by atoms with Crippen molar-refractivity contribution in [3.8, 4) is 0 Å². The Bertz CT molecular complexity index is 576. The van der Waals surface area contributed by atoms with Gasteiger partial charge in [0.2, 0.25) is 5.91 Å². The number of anilines is 1. The van der Waals surface area contributed by atoms with Crippen LogP contribution in [0.3, 0.4) is 0 Å². The Morgan fingerprint density at radius 1 is 1.36 bits per heavy atom. The third kappa shape index (κ3) is 4.68. The van der Waals surface area contributed by atoms with Crippen LogP contribution in [-0.2, 0) is 16.1 Å². The summed E-state index contributed by atoms with van der Waals surface area (Å²) in [5.41, 5.74) is 6.84. The van der Waals surface area contributed by atoms with Crippen molar-refractivity contribution in [3.05, 3.63) is 23.9 Å². The van der Waals surface area contributed by atoms with Crippen LogP contribution < -0.4 is 11.1 Å². The molecule has 3 heterocycles. The number of nitrogens with two attached hydrogens (primary N) is 1. The fourth-order valence-electron chi connectivity index (χ4n) is 3.84. The smallest absolute Gasteiger partial charge is 0.223 e. The topological polar surface area (TPSA) is 83.7 Å². The fraction of sp³-hybridized carbons (Fsp3) is 0.667. The number of rotatable bonds is 5. The minimum Gasteiger partial charge on any atom is -0.381 e. The van der Waals surface area contributed by atoms with Gasteiger partial charge < -0.3 is 15.8 Å². The fourth-order valence-corrected chi connectivity index (χ4v) is 3.84. The summed E-state index contributed by atoms with van der Waals surface area (Å²) < 4.78 is 5.48. The predicted molar refractivity (Wildman–Crippen MR) is 97.2 cm³/mol. The number of nitrogens with zero attached hydrogens (tertiary/aromatic N) is 3. The van der Waals surface area contributed by atoms with Gasteiger partial charge in [-0.2, -0.15) is 0 Å². The maximum Gasteiger partial charge on any atom is 0.223 e. The molecule has 1 aromatic heterocycles. The molecule has 3 rings (SSSR count). The Morgan fingerprint density at radius 2 is 2.16 bits per heavy atom. The van der Waals surface area contributed by atoms with Crippen LogP contribution in [0.2, 0.25) is 0 Å². The van der Waals surface area contributed by atoms with Gasteiger partial charge in [0.25, 0.3) is 0 Å². The van der Waals surface area contributed by atoms with Gasteiger partial charge in [-0.1, -0.05) is 6.07 Å². The Balaban J connectivity index is 1.70. The van der Waals surface area contributed by atoms with E-state index in [4.69, 9.17) is 10.5 Å². The SMILES string of the molecule is CNc1ncccc1CN1CCN(C2CCOCC2)C[C@H](C(N)=O)C1. The lowest BCUT2D eigenvalue weighted by Crippen LogP contribution is -2.44. The summed E-state index contributed by atoms with van der Waals surface area (Å²) in [6.07, 6.45) is 3.87. The quantitative estimate of drug-likeness (QED) is 0.808. The van der Waals surface area contributed by atoms with E-state index >= 15 is 0 Å². The second kappa shape index (κ2) is 8.60. The van der Waals surface area contributed by atoms with Gasteiger partial charge in [-0.3, -0.25) is 14.6 Å². The monoisotopic (exact) mass is 347 g/mol. The van der Waals surface area contributed by atoms with Gasteiger partial charge in [-0.05, 0) is 18.9 Å². The van der Waals surface area contributed by atoms with E-state index in [1.807, 2.05) is 13.1 Å². The van der Waals surface area contributed by atoms with Crippen molar-refractivity contribution in [2.75, 3.05) is 51.8 Å². The zero-order valence-corrected chi connectivity index (χ0v) is 15.0. The van der Waals surface area contributed by atoms with E-state index < -0.39 is 0 Å². The molecule has 1 amide bonds. The maximum atomic E-state index is 12.0. The highest BCUT2D eigenvalue weighted by molar-refractivity contribution is 5.77. The molecular formula is C18H29N5O2. The van der Waals surface area contributed by atoms with Crippen LogP contribution in [0, 0.1) is 5.92 Å². The predicted octanol–water partition coefficient (Wildman–Crippen LogP) is 0.521. The van der Waals surface area contributed by atoms with Crippen LogP contribution in [-0.4, -0.2) is 73.2 Å². The Hall–Kier alpha value is -1.70. The number of aromatic nitrogens is 1. The highest BCUT2D eigenvalue weighted by Crippen LogP contribution is 2.21. The summed E-state index contributed by atoms with van der Waals surface area (Å²) in [6, 6.07) is 4.54. The Kier molecular flexibility index (Phi) is 6.23. The van der Waals surface area contributed by atoms with Crippen molar-refractivity contribution >= 4 is 11.7 Å². The van der Waals surface area contributed by atoms with Gasteiger partial charge in [-0.15, -0.1) is 0 Å². The Morgan fingerprint density at radius 3 is 2.88 bits per heavy atom. The Labute approximate surface area is 149 Å². The van der Waals surface area contributed by atoms with Gasteiger partial charge in [0, 0.05) is 70.8 Å². The largest absolute Gasteiger partial charge is 0.381 e. The molecule has 0 bridgehead atoms. The molecule has 7 heteroatoms. The van der Waals surface area contributed by atoms with E-state index in [1.54, 1.807) is 6.20 Å². The average Bonchev–Trinajstić information content (AvgIpc) is 2.86. The summed E-state index contributed by atoms with van der Waals surface area (Å²) >= 11 is 0. The molecule has 0 aliphatic carbocycles. The van der Waals surface area contributed by atoms with Crippen LogP contribution in [0.1, 0.15) is 18.4 Å². The highest BCUT2D eigenvalue weighted by Gasteiger charge is 2.31. The maximum absolute atomic E-state index is 12.0. The van der Waals surface area contributed by atoms with Crippen molar-refractivity contribution in [2.24, 2.45) is 11.7 Å². The molecule has 1 atom stereocenters. The van der Waals surface area contributed by atoms with Gasteiger partial charge >= 0.3 is 0 Å². The summed E-state index contributed by atoms with van der Waals surface area (Å²) in [4.78, 5) is 21.1. The van der Waals surface area contributed by atoms with Crippen molar-refractivity contribution in [2.45, 2.75) is 25.4 Å². The number of hydrogen-bond donors (Lipinski definition) is 2. The molecule has 2 aliphatic heterocycles. The molecule has 2 saturated heterocycles. The van der Waals surface area contributed by atoms with E-state index in [1.165, 1.54) is 0 Å². The van der Waals surface area contributed by atoms with Gasteiger partial charge in [0.05, 0.1) is 5.92 Å². The zero-order chi connectivity index (χ0) is 17.6. The zero-order valence-electron chi connectivity index (χ0n) is 15.0. The number of carbonyl (C=O) groups excluding carboxylic acids is 1.